The van der Waals surface area contributed by atoms with Crippen LogP contribution in [0.4, 0.5) is 8.78 Å². The van der Waals surface area contributed by atoms with E-state index in [4.69, 9.17) is 14.3 Å². The third-order valence-corrected chi connectivity index (χ3v) is 16.2. The highest BCUT2D eigenvalue weighted by atomic mass is 32.2. The Morgan fingerprint density at radius 3 is 2.19 bits per heavy atom. The molecule has 83 heavy (non-hydrogen) atoms. The van der Waals surface area contributed by atoms with Crippen molar-refractivity contribution in [3.05, 3.63) is 197 Å². The zero-order valence-corrected chi connectivity index (χ0v) is 47.0. The molecule has 0 amide bonds. The van der Waals surface area contributed by atoms with Crippen LogP contribution in [-0.2, 0) is 33.9 Å². The first-order valence-corrected chi connectivity index (χ1v) is 28.7. The molecule has 2 saturated heterocycles. The molecule has 6 aromatic carbocycles. The number of piperidine rings is 1. The Morgan fingerprint density at radius 1 is 0.771 bits per heavy atom. The first-order chi connectivity index (χ1) is 40.0. The maximum Gasteiger partial charge on any atom is 0.333 e. The minimum atomic E-state index is -4.02. The van der Waals surface area contributed by atoms with E-state index in [0.717, 1.165) is 92.3 Å². The Hall–Kier alpha value is -8.90. The Bertz CT molecular complexity index is 4410. The molecule has 2 fully saturated rings. The first-order valence-electron chi connectivity index (χ1n) is 27.2. The third-order valence-electron chi connectivity index (χ3n) is 15.3. The summed E-state index contributed by atoms with van der Waals surface area (Å²) in [6, 6.07) is 40.9. The second kappa shape index (κ2) is 23.5. The van der Waals surface area contributed by atoms with Gasteiger partial charge in [0.1, 0.15) is 11.6 Å². The molecule has 0 radical (unpaired) electrons. The van der Waals surface area contributed by atoms with Gasteiger partial charge in [0.25, 0.3) is 10.1 Å². The summed E-state index contributed by atoms with van der Waals surface area (Å²) in [6.45, 7) is 10.3. The lowest BCUT2D eigenvalue weighted by atomic mass is 9.86. The molecule has 0 aliphatic carbocycles. The zero-order valence-electron chi connectivity index (χ0n) is 46.2. The Labute approximate surface area is 478 Å². The largest absolute Gasteiger partial charge is 0.379 e. The SMILES string of the molecule is Cc1ccc(S(=O)(=O)O)cc1.Cn1c(=O)n(-c2ccc(C(C)(C)C#N)cc2)c2c3cc(-c4cnc5ccccc5c4)ccc3ncc21.Fc1cc(-c2cccc3ncc(-c4cnn(C5CCNCC5)c4)nc23)cc(F)c1CN1CCOCC1. The van der Waals surface area contributed by atoms with E-state index in [9.17, 15) is 18.5 Å². The van der Waals surface area contributed by atoms with Gasteiger partial charge in [0.05, 0.1) is 98.7 Å². The topological polar surface area (TPSA) is 199 Å². The summed E-state index contributed by atoms with van der Waals surface area (Å²) >= 11 is 0. The van der Waals surface area contributed by atoms with E-state index in [1.807, 2.05) is 116 Å². The fraction of sp³-hybridized carbons (Fsp3) is 0.234. The molecule has 0 saturated carbocycles. The van der Waals surface area contributed by atoms with Gasteiger partial charge in [-0.1, -0.05) is 66.2 Å². The van der Waals surface area contributed by atoms with Crippen molar-refractivity contribution < 1.29 is 26.5 Å². The van der Waals surface area contributed by atoms with Crippen LogP contribution in [0.15, 0.2) is 168 Å². The summed E-state index contributed by atoms with van der Waals surface area (Å²) in [6.07, 6.45) is 11.2. The highest BCUT2D eigenvalue weighted by Crippen LogP contribution is 2.34. The van der Waals surface area contributed by atoms with Crippen molar-refractivity contribution in [2.24, 2.45) is 7.05 Å². The van der Waals surface area contributed by atoms with E-state index >= 15 is 8.78 Å². The number of nitrogens with zero attached hydrogens (tertiary/aromatic N) is 10. The van der Waals surface area contributed by atoms with Crippen LogP contribution in [0.3, 0.4) is 0 Å². The second-order valence-electron chi connectivity index (χ2n) is 21.3. The van der Waals surface area contributed by atoms with Crippen molar-refractivity contribution in [2.45, 2.75) is 56.5 Å². The van der Waals surface area contributed by atoms with Crippen molar-refractivity contribution in [3.8, 4) is 45.3 Å². The number of nitrogens with one attached hydrogen (secondary N) is 1. The molecule has 13 rings (SSSR count). The lowest BCUT2D eigenvalue weighted by Crippen LogP contribution is -2.36. The molecule has 0 atom stereocenters. The molecule has 11 aromatic rings. The van der Waals surface area contributed by atoms with Gasteiger partial charge in [-0.2, -0.15) is 18.8 Å². The first kappa shape index (κ1) is 56.0. The van der Waals surface area contributed by atoms with Gasteiger partial charge in [0, 0.05) is 72.1 Å². The van der Waals surface area contributed by atoms with Crippen LogP contribution in [0.2, 0.25) is 0 Å². The average Bonchev–Trinajstić information content (AvgIpc) is 2.95. The minimum Gasteiger partial charge on any atom is -0.379 e. The van der Waals surface area contributed by atoms with Crippen LogP contribution in [0.1, 0.15) is 49.4 Å². The molecule has 16 nitrogen and oxygen atoms in total. The number of benzene rings is 6. The average molecular weight is 1130 g/mol. The maximum absolute atomic E-state index is 15.1. The Balaban J connectivity index is 0.000000147. The van der Waals surface area contributed by atoms with E-state index in [1.165, 1.54) is 24.3 Å². The molecule has 2 aliphatic heterocycles. The standard InChI is InChI=1S/C30H23N5O.C27H28F2N6O.C7H8O3S/c1-30(2,18-31)22-9-11-23(12-10-22)35-28-24-15-19(21-14-20-6-4-5-7-25(20)32-16-21)8-13-26(24)33-17-27(28)34(3)29(35)36;28-23-12-18(13-24(29)22(23)17-34-8-10-36-11-9-34)21-2-1-3-25-27(21)33-26(15-31-25)19-14-32-35(16-19)20-4-6-30-7-5-20;1-6-2-4-7(5-3-6)11(8,9)10/h4-17H,1-3H3;1-3,12-16,20,30H,4-11,17H2;2-5H,1H3,(H,8,9,10). The number of para-hydroxylation sites is 2. The van der Waals surface area contributed by atoms with Gasteiger partial charge in [0.15, 0.2) is 0 Å². The smallest absolute Gasteiger partial charge is 0.333 e. The number of fused-ring (bicyclic) bond motifs is 5. The van der Waals surface area contributed by atoms with Crippen LogP contribution < -0.4 is 11.0 Å². The number of aromatic nitrogens is 8. The van der Waals surface area contributed by atoms with Gasteiger partial charge in [-0.05, 0) is 130 Å². The fourth-order valence-corrected chi connectivity index (χ4v) is 11.0. The van der Waals surface area contributed by atoms with Crippen molar-refractivity contribution in [2.75, 3.05) is 39.4 Å². The van der Waals surface area contributed by atoms with Crippen LogP contribution in [-0.4, -0.2) is 96.1 Å². The molecule has 0 bridgehead atoms. The molecule has 5 aromatic heterocycles. The normalized spacial score (nSPS) is 14.3. The van der Waals surface area contributed by atoms with E-state index in [0.29, 0.717) is 60.2 Å². The van der Waals surface area contributed by atoms with Gasteiger partial charge in [0.2, 0.25) is 0 Å². The van der Waals surface area contributed by atoms with Crippen molar-refractivity contribution in [1.29, 1.82) is 5.26 Å². The molecule has 420 valence electrons. The number of imidazole rings is 1. The number of hydrogen-bond donors (Lipinski definition) is 2. The minimum absolute atomic E-state index is 0.0666. The highest BCUT2D eigenvalue weighted by molar-refractivity contribution is 7.85. The zero-order chi connectivity index (χ0) is 58.0. The van der Waals surface area contributed by atoms with Gasteiger partial charge in [-0.3, -0.25) is 38.2 Å². The summed E-state index contributed by atoms with van der Waals surface area (Å²) < 4.78 is 70.5. The second-order valence-corrected chi connectivity index (χ2v) is 22.7. The van der Waals surface area contributed by atoms with Crippen LogP contribution in [0.5, 0.6) is 0 Å². The monoisotopic (exact) mass is 1130 g/mol. The quantitative estimate of drug-likeness (QED) is 0.130. The third kappa shape index (κ3) is 11.9. The molecular weight excluding hydrogens is 1070 g/mol. The number of halogens is 2. The number of pyridine rings is 2. The molecular formula is C64H59F2N11O5S. The highest BCUT2D eigenvalue weighted by Gasteiger charge is 2.23. The Kier molecular flexibility index (Phi) is 15.9. The number of hydrogen-bond acceptors (Lipinski definition) is 12. The van der Waals surface area contributed by atoms with Crippen LogP contribution in [0, 0.1) is 29.9 Å². The summed E-state index contributed by atoms with van der Waals surface area (Å²) in [7, 11) is -2.26. The Morgan fingerprint density at radius 2 is 1.47 bits per heavy atom. The summed E-state index contributed by atoms with van der Waals surface area (Å²) in [5.74, 6) is -1.11. The van der Waals surface area contributed by atoms with E-state index in [-0.39, 0.29) is 22.7 Å². The van der Waals surface area contributed by atoms with Gasteiger partial charge in [-0.25, -0.2) is 18.6 Å². The van der Waals surface area contributed by atoms with E-state index in [2.05, 4.69) is 49.6 Å². The molecule has 7 heterocycles. The van der Waals surface area contributed by atoms with Gasteiger partial charge < -0.3 is 10.1 Å². The number of ether oxygens (including phenoxy) is 1. The number of nitriles is 1. The fourth-order valence-electron chi connectivity index (χ4n) is 10.5. The maximum atomic E-state index is 15.1. The number of rotatable bonds is 9. The summed E-state index contributed by atoms with van der Waals surface area (Å²) in [5, 5.41) is 19.4. The van der Waals surface area contributed by atoms with Crippen LogP contribution in [0.25, 0.3) is 83.1 Å². The molecule has 0 spiro atoms. The molecule has 0 unspecified atom stereocenters. The lowest BCUT2D eigenvalue weighted by molar-refractivity contribution is 0.0332. The summed E-state index contributed by atoms with van der Waals surface area (Å²) in [5.41, 5.74) is 11.1. The van der Waals surface area contributed by atoms with Crippen molar-refractivity contribution in [1.82, 2.24) is 49.1 Å². The van der Waals surface area contributed by atoms with Gasteiger partial charge in [-0.15, -0.1) is 0 Å². The number of morpholine rings is 1. The van der Waals surface area contributed by atoms with Crippen LogP contribution >= 0.6 is 0 Å². The lowest BCUT2D eigenvalue weighted by Gasteiger charge is -2.27. The predicted octanol–water partition coefficient (Wildman–Crippen LogP) is 11.3. The van der Waals surface area contributed by atoms with E-state index in [1.54, 1.807) is 46.9 Å². The summed E-state index contributed by atoms with van der Waals surface area (Å²) in [4.78, 5) is 34.1. The number of aryl methyl sites for hydroxylation is 2. The molecule has 19 heteroatoms. The predicted molar refractivity (Wildman–Crippen MR) is 318 cm³/mol. The van der Waals surface area contributed by atoms with Crippen molar-refractivity contribution >= 4 is 54.0 Å². The van der Waals surface area contributed by atoms with Gasteiger partial charge >= 0.3 is 5.69 Å². The molecule has 2 aliphatic rings. The van der Waals surface area contributed by atoms with Crippen molar-refractivity contribution in [3.63, 3.8) is 0 Å². The van der Waals surface area contributed by atoms with E-state index < -0.39 is 27.2 Å². The molecule has 2 N–H and O–H groups in total.